The van der Waals surface area contributed by atoms with Crippen molar-refractivity contribution in [3.63, 3.8) is 0 Å². The first-order valence-corrected chi connectivity index (χ1v) is 13.6. The fraction of sp³-hybridized carbons (Fsp3) is 0.533. The number of benzene rings is 2. The number of aryl methyl sites for hydroxylation is 1. The molecule has 0 radical (unpaired) electrons. The molecule has 1 heterocycles. The maximum absolute atomic E-state index is 14.9. The van der Waals surface area contributed by atoms with Crippen molar-refractivity contribution < 1.29 is 41.8 Å². The number of amides is 1. The fourth-order valence-corrected chi connectivity index (χ4v) is 7.04. The number of likely N-dealkylation sites (tertiary alicyclic amines) is 1. The van der Waals surface area contributed by atoms with Gasteiger partial charge in [-0.1, -0.05) is 30.3 Å². The van der Waals surface area contributed by atoms with Gasteiger partial charge in [0.1, 0.15) is 5.82 Å². The van der Waals surface area contributed by atoms with Crippen molar-refractivity contribution in [3.05, 3.63) is 70.5 Å². The van der Waals surface area contributed by atoms with Crippen molar-refractivity contribution in [2.75, 3.05) is 6.54 Å². The Hall–Kier alpha value is -3.01. The van der Waals surface area contributed by atoms with E-state index < -0.39 is 46.1 Å². The van der Waals surface area contributed by atoms with E-state index in [0.717, 1.165) is 11.1 Å². The lowest BCUT2D eigenvalue weighted by molar-refractivity contribution is -0.228. The van der Waals surface area contributed by atoms with Crippen LogP contribution in [0, 0.1) is 11.7 Å². The van der Waals surface area contributed by atoms with Gasteiger partial charge in [-0.3, -0.25) is 4.79 Å². The van der Waals surface area contributed by atoms with E-state index in [-0.39, 0.29) is 37.6 Å². The molecule has 3 atom stereocenters. The number of aliphatic hydroxyl groups is 1. The zero-order chi connectivity index (χ0) is 29.1. The zero-order valence-electron chi connectivity index (χ0n) is 22.1. The van der Waals surface area contributed by atoms with Gasteiger partial charge in [0.2, 0.25) is 11.6 Å². The van der Waals surface area contributed by atoms with Crippen molar-refractivity contribution in [3.8, 4) is 0 Å². The lowest BCUT2D eigenvalue weighted by Gasteiger charge is -2.45. The number of aliphatic carboxylic acids is 1. The van der Waals surface area contributed by atoms with E-state index >= 15 is 0 Å². The van der Waals surface area contributed by atoms with Crippen LogP contribution in [-0.4, -0.2) is 51.4 Å². The Morgan fingerprint density at radius 1 is 1.00 bits per heavy atom. The van der Waals surface area contributed by atoms with Gasteiger partial charge in [0.05, 0.1) is 0 Å². The highest BCUT2D eigenvalue weighted by Gasteiger charge is 2.56. The van der Waals surface area contributed by atoms with Crippen LogP contribution in [0.25, 0.3) is 0 Å². The summed E-state index contributed by atoms with van der Waals surface area (Å²) in [7, 11) is 0. The van der Waals surface area contributed by atoms with Crippen LogP contribution in [0.15, 0.2) is 42.5 Å². The Morgan fingerprint density at radius 3 is 2.25 bits per heavy atom. The summed E-state index contributed by atoms with van der Waals surface area (Å²) >= 11 is 0. The van der Waals surface area contributed by atoms with Crippen LogP contribution in [0.4, 0.5) is 22.0 Å². The first-order chi connectivity index (χ1) is 18.7. The summed E-state index contributed by atoms with van der Waals surface area (Å²) in [5.41, 5.74) is -4.28. The molecule has 5 nitrogen and oxygen atoms in total. The second kappa shape index (κ2) is 9.82. The molecule has 0 aromatic heterocycles. The molecule has 2 aliphatic carbocycles. The molecule has 2 aromatic carbocycles. The summed E-state index contributed by atoms with van der Waals surface area (Å²) in [6, 6.07) is 9.75. The Kier molecular flexibility index (Phi) is 7.00. The van der Waals surface area contributed by atoms with Gasteiger partial charge in [-0.15, -0.1) is 0 Å². The number of fused-ring (bicyclic) bond motifs is 3. The average Bonchev–Trinajstić information content (AvgIpc) is 3.28. The molecule has 0 bridgehead atoms. The van der Waals surface area contributed by atoms with Gasteiger partial charge in [-0.2, -0.15) is 13.2 Å². The van der Waals surface area contributed by atoms with E-state index in [9.17, 15) is 41.8 Å². The quantitative estimate of drug-likeness (QED) is 0.463. The second-order valence-electron chi connectivity index (χ2n) is 11.8. The topological polar surface area (TPSA) is 77.8 Å². The molecule has 2 fully saturated rings. The minimum absolute atomic E-state index is 0.0230. The summed E-state index contributed by atoms with van der Waals surface area (Å²) in [5, 5.41) is 19.6. The molecule has 216 valence electrons. The fourth-order valence-electron chi connectivity index (χ4n) is 7.04. The van der Waals surface area contributed by atoms with E-state index in [1.54, 1.807) is 18.2 Å². The molecule has 3 aliphatic rings. The van der Waals surface area contributed by atoms with Crippen LogP contribution in [0.1, 0.15) is 67.7 Å². The molecule has 40 heavy (non-hydrogen) atoms. The maximum atomic E-state index is 14.9. The molecule has 1 aliphatic heterocycles. The summed E-state index contributed by atoms with van der Waals surface area (Å²) in [4.78, 5) is 27.0. The lowest BCUT2D eigenvalue weighted by atomic mass is 9.63. The molecular weight excluding hydrogens is 533 g/mol. The Balaban J connectivity index is 1.49. The Morgan fingerprint density at radius 2 is 1.65 bits per heavy atom. The number of halogens is 5. The van der Waals surface area contributed by atoms with Gasteiger partial charge in [-0.25, -0.2) is 13.6 Å². The first-order valence-electron chi connectivity index (χ1n) is 13.6. The number of carbonyl (C=O) groups is 2. The predicted octanol–water partition coefficient (Wildman–Crippen LogP) is 5.61. The highest BCUT2D eigenvalue weighted by molar-refractivity contribution is 5.82. The van der Waals surface area contributed by atoms with E-state index in [1.165, 1.54) is 24.3 Å². The van der Waals surface area contributed by atoms with Crippen LogP contribution in [0.5, 0.6) is 0 Å². The number of alkyl halides is 4. The summed E-state index contributed by atoms with van der Waals surface area (Å²) in [5.74, 6) is -2.25. The molecule has 2 aromatic rings. The Bertz CT molecular complexity index is 1300. The number of carbonyl (C=O) groups excluding carboxylic acids is 1. The lowest BCUT2D eigenvalue weighted by Crippen LogP contribution is -2.52. The number of nitrogens with zero attached hydrogens (tertiary/aromatic N) is 1. The van der Waals surface area contributed by atoms with Crippen molar-refractivity contribution >= 4 is 11.9 Å². The minimum atomic E-state index is -5.08. The highest BCUT2D eigenvalue weighted by atomic mass is 19.4. The number of carboxylic acids is 1. The maximum Gasteiger partial charge on any atom is 0.426 e. The van der Waals surface area contributed by atoms with E-state index in [2.05, 4.69) is 0 Å². The van der Waals surface area contributed by atoms with Crippen molar-refractivity contribution in [1.29, 1.82) is 0 Å². The normalized spacial score (nSPS) is 29.8. The summed E-state index contributed by atoms with van der Waals surface area (Å²) in [6.07, 6.45) is -2.88. The van der Waals surface area contributed by atoms with Gasteiger partial charge in [0, 0.05) is 23.9 Å². The first kappa shape index (κ1) is 28.5. The van der Waals surface area contributed by atoms with Gasteiger partial charge in [0.25, 0.3) is 0 Å². The molecule has 1 unspecified atom stereocenters. The number of hydrogen-bond acceptors (Lipinski definition) is 3. The predicted molar refractivity (Wildman–Crippen MR) is 136 cm³/mol. The zero-order valence-corrected chi connectivity index (χ0v) is 22.1. The molecule has 5 rings (SSSR count). The standard InChI is InChI=1S/C30H32F5NO4/c1-27(32,30(33,34)35)21-5-8-23-20(16-21)4-9-24-28(23,17-18-2-6-22(31)7-3-18)14-15-36(24)25(37)19-10-12-29(40,13-11-19)26(38)39/h2-3,5-8,16,19,24,40H,4,9-15,17H2,1H3,(H,38,39)/t19?,24-,27?,28-,29?/m1/s1. The molecule has 0 spiro atoms. The van der Waals surface area contributed by atoms with Gasteiger partial charge >= 0.3 is 12.1 Å². The number of carboxylic acid groups (broad SMARTS) is 1. The summed E-state index contributed by atoms with van der Waals surface area (Å²) < 4.78 is 68.9. The third-order valence-corrected chi connectivity index (χ3v) is 9.49. The van der Waals surface area contributed by atoms with Crippen molar-refractivity contribution in [1.82, 2.24) is 4.90 Å². The Labute approximate surface area is 229 Å². The van der Waals surface area contributed by atoms with E-state index in [4.69, 9.17) is 0 Å². The molecule has 10 heteroatoms. The molecule has 2 N–H and O–H groups in total. The third kappa shape index (κ3) is 4.67. The highest BCUT2D eigenvalue weighted by Crippen LogP contribution is 2.51. The van der Waals surface area contributed by atoms with Gasteiger partial charge < -0.3 is 15.1 Å². The van der Waals surface area contributed by atoms with Crippen LogP contribution >= 0.6 is 0 Å². The number of rotatable bonds is 5. The average molecular weight is 566 g/mol. The number of hydrogen-bond donors (Lipinski definition) is 2. The van der Waals surface area contributed by atoms with Crippen molar-refractivity contribution in [2.45, 2.75) is 87.2 Å². The smallest absolute Gasteiger partial charge is 0.426 e. The van der Waals surface area contributed by atoms with Gasteiger partial charge in [-0.05, 0) is 92.7 Å². The SMILES string of the molecule is CC(F)(c1ccc2c(c1)CC[C@H]1N(C(=O)C3CCC(O)(C(=O)O)CC3)CC[C@@]21Cc1ccc(F)cc1)C(F)(F)F. The molecule has 1 saturated heterocycles. The van der Waals surface area contributed by atoms with Crippen LogP contribution in [0.2, 0.25) is 0 Å². The third-order valence-electron chi connectivity index (χ3n) is 9.49. The molecular formula is C30H32F5NO4. The van der Waals surface area contributed by atoms with E-state index in [1.807, 2.05) is 4.90 Å². The monoisotopic (exact) mass is 565 g/mol. The second-order valence-corrected chi connectivity index (χ2v) is 11.8. The minimum Gasteiger partial charge on any atom is -0.479 e. The summed E-state index contributed by atoms with van der Waals surface area (Å²) in [6.45, 7) is 0.912. The molecule has 1 amide bonds. The van der Waals surface area contributed by atoms with Crippen LogP contribution < -0.4 is 0 Å². The van der Waals surface area contributed by atoms with Crippen LogP contribution in [-0.2, 0) is 33.5 Å². The molecule has 1 saturated carbocycles. The van der Waals surface area contributed by atoms with E-state index in [0.29, 0.717) is 44.7 Å². The largest absolute Gasteiger partial charge is 0.479 e. The van der Waals surface area contributed by atoms with Crippen molar-refractivity contribution in [2.24, 2.45) is 5.92 Å². The van der Waals surface area contributed by atoms with Gasteiger partial charge in [0.15, 0.2) is 5.60 Å². The van der Waals surface area contributed by atoms with Crippen LogP contribution in [0.3, 0.4) is 0 Å².